The van der Waals surface area contributed by atoms with Crippen LogP contribution in [0.15, 0.2) is 24.3 Å². The highest BCUT2D eigenvalue weighted by atomic mass is 127. The van der Waals surface area contributed by atoms with Crippen LogP contribution in [0.5, 0.6) is 5.75 Å². The van der Waals surface area contributed by atoms with Gasteiger partial charge in [-0.05, 0) is 49.3 Å². The fraction of sp³-hybridized carbons (Fsp3) is 0.625. The zero-order chi connectivity index (χ0) is 13.7. The van der Waals surface area contributed by atoms with E-state index in [0.717, 1.165) is 16.1 Å². The van der Waals surface area contributed by atoms with E-state index in [1.54, 1.807) is 7.11 Å². The maximum atomic E-state index is 6.31. The first kappa shape index (κ1) is 15.1. The quantitative estimate of drug-likeness (QED) is 0.546. The number of ether oxygens (including phenoxy) is 2. The van der Waals surface area contributed by atoms with Gasteiger partial charge in [-0.1, -0.05) is 41.6 Å². The van der Waals surface area contributed by atoms with Gasteiger partial charge in [0.2, 0.25) is 0 Å². The van der Waals surface area contributed by atoms with E-state index < -0.39 is 0 Å². The van der Waals surface area contributed by atoms with Crippen LogP contribution < -0.4 is 4.74 Å². The van der Waals surface area contributed by atoms with Crippen molar-refractivity contribution in [2.24, 2.45) is 5.92 Å². The second-order valence-corrected chi connectivity index (χ2v) is 6.32. The predicted molar refractivity (Wildman–Crippen MR) is 87.1 cm³/mol. The molecule has 19 heavy (non-hydrogen) atoms. The summed E-state index contributed by atoms with van der Waals surface area (Å²) in [6, 6.07) is 8.25. The van der Waals surface area contributed by atoms with E-state index in [1.165, 1.54) is 31.2 Å². The highest BCUT2D eigenvalue weighted by Crippen LogP contribution is 2.31. The highest BCUT2D eigenvalue weighted by Gasteiger charge is 2.22. The van der Waals surface area contributed by atoms with E-state index in [1.807, 2.05) is 12.1 Å². The summed E-state index contributed by atoms with van der Waals surface area (Å²) >= 11 is 2.41. The molecule has 106 valence electrons. The van der Waals surface area contributed by atoms with Crippen LogP contribution in [0.1, 0.15) is 44.3 Å². The molecule has 0 heterocycles. The number of halogens is 1. The van der Waals surface area contributed by atoms with Gasteiger partial charge in [0.15, 0.2) is 0 Å². The molecule has 1 fully saturated rings. The summed E-state index contributed by atoms with van der Waals surface area (Å²) < 4.78 is 12.6. The Hall–Kier alpha value is -0.290. The van der Waals surface area contributed by atoms with E-state index in [2.05, 4.69) is 41.6 Å². The lowest BCUT2D eigenvalue weighted by molar-refractivity contribution is -0.0248. The number of hydrogen-bond acceptors (Lipinski definition) is 2. The molecule has 0 aliphatic heterocycles. The Kier molecular flexibility index (Phi) is 5.95. The van der Waals surface area contributed by atoms with Crippen molar-refractivity contribution in [3.05, 3.63) is 29.8 Å². The fourth-order valence-electron chi connectivity index (χ4n) is 2.64. The standard InChI is InChI=1S/C16H23IO2/c1-12-6-8-14(9-7-12)19-16(11-17)13-4-3-5-15(10-13)18-2/h3-5,10,12,14,16H,6-9,11H2,1-2H3. The summed E-state index contributed by atoms with van der Waals surface area (Å²) in [4.78, 5) is 0. The number of benzene rings is 1. The predicted octanol–water partition coefficient (Wildman–Crippen LogP) is 4.77. The first-order chi connectivity index (χ1) is 9.22. The van der Waals surface area contributed by atoms with E-state index in [9.17, 15) is 0 Å². The average Bonchev–Trinajstić information content (AvgIpc) is 2.46. The molecule has 0 N–H and O–H groups in total. The van der Waals surface area contributed by atoms with E-state index >= 15 is 0 Å². The summed E-state index contributed by atoms with van der Waals surface area (Å²) in [6.45, 7) is 2.34. The number of hydrogen-bond donors (Lipinski definition) is 0. The molecule has 3 heteroatoms. The van der Waals surface area contributed by atoms with Crippen molar-refractivity contribution in [1.29, 1.82) is 0 Å². The summed E-state index contributed by atoms with van der Waals surface area (Å²) in [6.07, 6.45) is 5.64. The molecule has 0 amide bonds. The average molecular weight is 374 g/mol. The Bertz CT molecular complexity index is 386. The zero-order valence-electron chi connectivity index (χ0n) is 11.8. The van der Waals surface area contributed by atoms with Crippen LogP contribution in [0.3, 0.4) is 0 Å². The molecule has 1 aliphatic rings. The van der Waals surface area contributed by atoms with Gasteiger partial charge in [-0.2, -0.15) is 0 Å². The molecular weight excluding hydrogens is 351 g/mol. The number of rotatable bonds is 5. The Balaban J connectivity index is 1.99. The first-order valence-corrected chi connectivity index (χ1v) is 8.61. The van der Waals surface area contributed by atoms with Crippen LogP contribution >= 0.6 is 22.6 Å². The molecule has 1 aromatic carbocycles. The van der Waals surface area contributed by atoms with Crippen molar-refractivity contribution in [3.8, 4) is 5.75 Å². The number of alkyl halides is 1. The van der Waals surface area contributed by atoms with Gasteiger partial charge in [0.1, 0.15) is 5.75 Å². The summed E-state index contributed by atoms with van der Waals surface area (Å²) in [5.41, 5.74) is 1.23. The summed E-state index contributed by atoms with van der Waals surface area (Å²) in [7, 11) is 1.71. The van der Waals surface area contributed by atoms with Crippen molar-refractivity contribution in [2.75, 3.05) is 11.5 Å². The monoisotopic (exact) mass is 374 g/mol. The van der Waals surface area contributed by atoms with Crippen LogP contribution in [0.2, 0.25) is 0 Å². The molecule has 0 spiro atoms. The van der Waals surface area contributed by atoms with E-state index in [0.29, 0.717) is 6.10 Å². The van der Waals surface area contributed by atoms with Gasteiger partial charge in [0.05, 0.1) is 19.3 Å². The largest absolute Gasteiger partial charge is 0.497 e. The molecular formula is C16H23IO2. The van der Waals surface area contributed by atoms with Gasteiger partial charge in [0.25, 0.3) is 0 Å². The third-order valence-corrected chi connectivity index (χ3v) is 4.73. The summed E-state index contributed by atoms with van der Waals surface area (Å²) in [5, 5.41) is 0. The first-order valence-electron chi connectivity index (χ1n) is 7.08. The molecule has 0 bridgehead atoms. The Morgan fingerprint density at radius 2 is 2.00 bits per heavy atom. The van der Waals surface area contributed by atoms with Gasteiger partial charge in [-0.25, -0.2) is 0 Å². The molecule has 2 rings (SSSR count). The van der Waals surface area contributed by atoms with E-state index in [4.69, 9.17) is 9.47 Å². The lowest BCUT2D eigenvalue weighted by Crippen LogP contribution is -2.23. The third-order valence-electron chi connectivity index (χ3n) is 3.93. The Labute approximate surface area is 130 Å². The molecule has 1 unspecified atom stereocenters. The van der Waals surface area contributed by atoms with Gasteiger partial charge in [-0.3, -0.25) is 0 Å². The molecule has 0 saturated heterocycles. The molecule has 1 atom stereocenters. The zero-order valence-corrected chi connectivity index (χ0v) is 13.9. The smallest absolute Gasteiger partial charge is 0.119 e. The van der Waals surface area contributed by atoms with E-state index in [-0.39, 0.29) is 6.10 Å². The molecule has 1 saturated carbocycles. The van der Waals surface area contributed by atoms with Crippen LogP contribution in [0.4, 0.5) is 0 Å². The molecule has 0 radical (unpaired) electrons. The third kappa shape index (κ3) is 4.35. The molecule has 2 nitrogen and oxygen atoms in total. The Morgan fingerprint density at radius 1 is 1.26 bits per heavy atom. The van der Waals surface area contributed by atoms with Crippen molar-refractivity contribution in [2.45, 2.75) is 44.8 Å². The van der Waals surface area contributed by atoms with Crippen LogP contribution in [-0.2, 0) is 4.74 Å². The topological polar surface area (TPSA) is 18.5 Å². The molecule has 0 aromatic heterocycles. The second kappa shape index (κ2) is 7.48. The van der Waals surface area contributed by atoms with Crippen molar-refractivity contribution in [3.63, 3.8) is 0 Å². The van der Waals surface area contributed by atoms with Gasteiger partial charge < -0.3 is 9.47 Å². The molecule has 1 aromatic rings. The van der Waals surface area contributed by atoms with Crippen molar-refractivity contribution >= 4 is 22.6 Å². The molecule has 1 aliphatic carbocycles. The van der Waals surface area contributed by atoms with Gasteiger partial charge >= 0.3 is 0 Å². The maximum Gasteiger partial charge on any atom is 0.119 e. The Morgan fingerprint density at radius 3 is 2.63 bits per heavy atom. The maximum absolute atomic E-state index is 6.31. The minimum Gasteiger partial charge on any atom is -0.497 e. The van der Waals surface area contributed by atoms with Crippen LogP contribution in [0, 0.1) is 5.92 Å². The van der Waals surface area contributed by atoms with Crippen LogP contribution in [-0.4, -0.2) is 17.6 Å². The minimum atomic E-state index is 0.189. The van der Waals surface area contributed by atoms with Crippen molar-refractivity contribution in [1.82, 2.24) is 0 Å². The SMILES string of the molecule is COc1cccc(C(CI)OC2CCC(C)CC2)c1. The number of methoxy groups -OCH3 is 1. The minimum absolute atomic E-state index is 0.189. The summed E-state index contributed by atoms with van der Waals surface area (Å²) in [5.74, 6) is 1.78. The van der Waals surface area contributed by atoms with Gasteiger partial charge in [-0.15, -0.1) is 0 Å². The lowest BCUT2D eigenvalue weighted by Gasteiger charge is -2.29. The van der Waals surface area contributed by atoms with Gasteiger partial charge in [0, 0.05) is 4.43 Å². The normalized spacial score (nSPS) is 25.0. The highest BCUT2D eigenvalue weighted by molar-refractivity contribution is 14.1. The van der Waals surface area contributed by atoms with Crippen molar-refractivity contribution < 1.29 is 9.47 Å². The lowest BCUT2D eigenvalue weighted by atomic mass is 9.89. The second-order valence-electron chi connectivity index (χ2n) is 5.44. The van der Waals surface area contributed by atoms with Crippen LogP contribution in [0.25, 0.3) is 0 Å². The fourth-order valence-corrected chi connectivity index (χ4v) is 3.36.